The lowest BCUT2D eigenvalue weighted by molar-refractivity contribution is -0.877. The van der Waals surface area contributed by atoms with Crippen molar-refractivity contribution in [2.24, 2.45) is 0 Å². The number of nitrogens with zero attached hydrogens (tertiary/aromatic N) is 1. The summed E-state index contributed by atoms with van der Waals surface area (Å²) in [5.41, 5.74) is 0. The van der Waals surface area contributed by atoms with Gasteiger partial charge in [0.2, 0.25) is 0 Å². The van der Waals surface area contributed by atoms with Gasteiger partial charge in [-0.15, -0.1) is 0 Å². The van der Waals surface area contributed by atoms with E-state index in [1.807, 2.05) is 13.8 Å². The number of hydrogen-bond acceptors (Lipinski definition) is 4. The van der Waals surface area contributed by atoms with Crippen LogP contribution in [0.5, 0.6) is 0 Å². The van der Waals surface area contributed by atoms with Crippen molar-refractivity contribution in [1.82, 2.24) is 0 Å². The number of rotatable bonds is 11. The molecule has 0 saturated carbocycles. The van der Waals surface area contributed by atoms with Gasteiger partial charge in [-0.3, -0.25) is 0 Å². The summed E-state index contributed by atoms with van der Waals surface area (Å²) in [5, 5.41) is 11.8. The van der Waals surface area contributed by atoms with Gasteiger partial charge in [-0.05, 0) is 13.8 Å². The minimum Gasteiger partial charge on any atom is -0.633 e. The molecule has 0 amide bonds. The lowest BCUT2D eigenvalue weighted by Gasteiger charge is -2.40. The lowest BCUT2D eigenvalue weighted by Crippen LogP contribution is -2.44. The highest BCUT2D eigenvalue weighted by atomic mass is 16.6. The van der Waals surface area contributed by atoms with E-state index in [1.54, 1.807) is 7.11 Å². The van der Waals surface area contributed by atoms with Crippen LogP contribution in [0.3, 0.4) is 0 Å². The molecule has 0 radical (unpaired) electrons. The molecule has 98 valence electrons. The van der Waals surface area contributed by atoms with Gasteiger partial charge in [-0.2, -0.15) is 0 Å². The molecule has 0 N–H and O–H groups in total. The molecule has 5 nitrogen and oxygen atoms in total. The van der Waals surface area contributed by atoms with Gasteiger partial charge in [-0.25, -0.2) is 0 Å². The molecule has 0 unspecified atom stereocenters. The van der Waals surface area contributed by atoms with Gasteiger partial charge in [0, 0.05) is 7.11 Å². The monoisotopic (exact) mass is 235 g/mol. The summed E-state index contributed by atoms with van der Waals surface area (Å²) in [6.07, 6.45) is 0. The third-order valence-electron chi connectivity index (χ3n) is 2.60. The Morgan fingerprint density at radius 1 is 0.875 bits per heavy atom. The zero-order valence-corrected chi connectivity index (χ0v) is 10.7. The third kappa shape index (κ3) is 8.01. The molecule has 0 fully saturated rings. The van der Waals surface area contributed by atoms with Gasteiger partial charge in [0.25, 0.3) is 0 Å². The van der Waals surface area contributed by atoms with E-state index in [4.69, 9.17) is 14.2 Å². The van der Waals surface area contributed by atoms with Crippen LogP contribution in [0.4, 0.5) is 0 Å². The number of likely N-dealkylation sites (N-methyl/N-ethyl adjacent to an activating group) is 1. The molecular weight excluding hydrogens is 210 g/mol. The van der Waals surface area contributed by atoms with Crippen LogP contribution in [0.2, 0.25) is 0 Å². The molecule has 0 spiro atoms. The maximum absolute atomic E-state index is 11.8. The van der Waals surface area contributed by atoms with Crippen LogP contribution < -0.4 is 0 Å². The van der Waals surface area contributed by atoms with Gasteiger partial charge in [0.1, 0.15) is 6.54 Å². The highest BCUT2D eigenvalue weighted by Gasteiger charge is 2.10. The van der Waals surface area contributed by atoms with E-state index in [1.165, 1.54) is 0 Å². The average molecular weight is 235 g/mol. The number of quaternary nitrogens is 1. The van der Waals surface area contributed by atoms with Crippen molar-refractivity contribution in [1.29, 1.82) is 0 Å². The Morgan fingerprint density at radius 3 is 1.88 bits per heavy atom. The second kappa shape index (κ2) is 9.99. The van der Waals surface area contributed by atoms with Crippen LogP contribution in [0.1, 0.15) is 13.8 Å². The maximum atomic E-state index is 11.8. The predicted molar refractivity (Wildman–Crippen MR) is 63.1 cm³/mol. The first-order chi connectivity index (χ1) is 7.68. The van der Waals surface area contributed by atoms with E-state index >= 15 is 0 Å². The largest absolute Gasteiger partial charge is 0.633 e. The second-order valence-corrected chi connectivity index (χ2v) is 3.63. The number of hydrogen-bond donors (Lipinski definition) is 0. The summed E-state index contributed by atoms with van der Waals surface area (Å²) in [6.45, 7) is 8.32. The van der Waals surface area contributed by atoms with E-state index < -0.39 is 0 Å². The summed E-state index contributed by atoms with van der Waals surface area (Å²) in [4.78, 5) is 0. The van der Waals surface area contributed by atoms with Gasteiger partial charge in [0.15, 0.2) is 0 Å². The standard InChI is InChI=1S/C11H25NO4/c1-4-12(13,5-2)6-7-15-10-11-16-9-8-14-3/h4-11H2,1-3H3. The van der Waals surface area contributed by atoms with Crippen molar-refractivity contribution in [2.45, 2.75) is 13.8 Å². The van der Waals surface area contributed by atoms with Crippen LogP contribution in [0.15, 0.2) is 0 Å². The molecule has 0 aliphatic rings. The Kier molecular flexibility index (Phi) is 9.86. The summed E-state index contributed by atoms with van der Waals surface area (Å²) < 4.78 is 15.2. The predicted octanol–water partition coefficient (Wildman–Crippen LogP) is 1.02. The quantitative estimate of drug-likeness (QED) is 0.305. The first-order valence-electron chi connectivity index (χ1n) is 5.90. The van der Waals surface area contributed by atoms with Crippen LogP contribution in [-0.4, -0.2) is 64.4 Å². The molecule has 0 heterocycles. The Bertz CT molecular complexity index is 151. The van der Waals surface area contributed by atoms with Crippen molar-refractivity contribution in [3.8, 4) is 0 Å². The van der Waals surface area contributed by atoms with Crippen molar-refractivity contribution in [3.05, 3.63) is 5.21 Å². The molecular formula is C11H25NO4. The van der Waals surface area contributed by atoms with Crippen molar-refractivity contribution in [2.75, 3.05) is 59.8 Å². The molecule has 0 atom stereocenters. The van der Waals surface area contributed by atoms with E-state index in [2.05, 4.69) is 0 Å². The number of ether oxygens (including phenoxy) is 3. The topological polar surface area (TPSA) is 50.8 Å². The van der Waals surface area contributed by atoms with Crippen LogP contribution in [0, 0.1) is 5.21 Å². The lowest BCUT2D eigenvalue weighted by atomic mass is 10.4. The normalized spacial score (nSPS) is 12.0. The van der Waals surface area contributed by atoms with Crippen molar-refractivity contribution >= 4 is 0 Å². The Morgan fingerprint density at radius 2 is 1.38 bits per heavy atom. The summed E-state index contributed by atoms with van der Waals surface area (Å²) in [7, 11) is 1.64. The van der Waals surface area contributed by atoms with E-state index in [0.29, 0.717) is 52.7 Å². The zero-order valence-electron chi connectivity index (χ0n) is 10.7. The van der Waals surface area contributed by atoms with E-state index in [0.717, 1.165) is 0 Å². The van der Waals surface area contributed by atoms with Crippen LogP contribution >= 0.6 is 0 Å². The molecule has 0 aromatic carbocycles. The molecule has 0 aromatic heterocycles. The maximum Gasteiger partial charge on any atom is 0.102 e. The van der Waals surface area contributed by atoms with Gasteiger partial charge in [0.05, 0.1) is 46.1 Å². The van der Waals surface area contributed by atoms with Gasteiger partial charge in [-0.1, -0.05) is 0 Å². The Balaban J connectivity index is 3.26. The number of methoxy groups -OCH3 is 1. The van der Waals surface area contributed by atoms with Gasteiger partial charge >= 0.3 is 0 Å². The molecule has 0 bridgehead atoms. The molecule has 5 heteroatoms. The average Bonchev–Trinajstić information content (AvgIpc) is 2.32. The fraction of sp³-hybridized carbons (Fsp3) is 1.00. The molecule has 0 aliphatic carbocycles. The fourth-order valence-electron chi connectivity index (χ4n) is 1.23. The molecule has 0 saturated heterocycles. The van der Waals surface area contributed by atoms with Crippen molar-refractivity contribution < 1.29 is 18.9 Å². The molecule has 0 aliphatic heterocycles. The first-order valence-corrected chi connectivity index (χ1v) is 5.90. The SMILES string of the molecule is CC[N+]([O-])(CC)CCOCCOCCOC. The Labute approximate surface area is 98.4 Å². The van der Waals surface area contributed by atoms with Crippen LogP contribution in [0.25, 0.3) is 0 Å². The Hall–Kier alpha value is -0.200. The summed E-state index contributed by atoms with van der Waals surface area (Å²) >= 11 is 0. The summed E-state index contributed by atoms with van der Waals surface area (Å²) in [6, 6.07) is 0. The highest BCUT2D eigenvalue weighted by molar-refractivity contribution is 4.40. The highest BCUT2D eigenvalue weighted by Crippen LogP contribution is 2.01. The van der Waals surface area contributed by atoms with Crippen molar-refractivity contribution in [3.63, 3.8) is 0 Å². The zero-order chi connectivity index (χ0) is 12.3. The summed E-state index contributed by atoms with van der Waals surface area (Å²) in [5.74, 6) is 0. The van der Waals surface area contributed by atoms with Gasteiger partial charge < -0.3 is 24.1 Å². The fourth-order valence-corrected chi connectivity index (χ4v) is 1.23. The second-order valence-electron chi connectivity index (χ2n) is 3.63. The number of hydroxylamine groups is 3. The minimum atomic E-state index is -0.176. The first kappa shape index (κ1) is 15.8. The smallest absolute Gasteiger partial charge is 0.102 e. The van der Waals surface area contributed by atoms with E-state index in [9.17, 15) is 5.21 Å². The minimum absolute atomic E-state index is 0.176. The molecule has 0 rings (SSSR count). The van der Waals surface area contributed by atoms with E-state index in [-0.39, 0.29) is 4.65 Å². The van der Waals surface area contributed by atoms with Crippen LogP contribution in [-0.2, 0) is 14.2 Å². The third-order valence-corrected chi connectivity index (χ3v) is 2.60. The molecule has 0 aromatic rings. The molecule has 16 heavy (non-hydrogen) atoms.